The van der Waals surface area contributed by atoms with Crippen molar-refractivity contribution in [2.45, 2.75) is 31.6 Å². The van der Waals surface area contributed by atoms with Crippen LogP contribution in [0.5, 0.6) is 0 Å². The minimum atomic E-state index is -3.19. The van der Waals surface area contributed by atoms with Gasteiger partial charge in [-0.3, -0.25) is 4.79 Å². The Labute approximate surface area is 87.1 Å². The zero-order chi connectivity index (χ0) is 11.1. The molecular formula is C12H12F2O. The molecule has 0 spiro atoms. The first-order chi connectivity index (χ1) is 6.98. The first kappa shape index (κ1) is 10.3. The second-order valence-corrected chi connectivity index (χ2v) is 4.12. The summed E-state index contributed by atoms with van der Waals surface area (Å²) in [6.07, 6.45) is 0.707. The Kier molecular flexibility index (Phi) is 2.33. The van der Waals surface area contributed by atoms with E-state index in [4.69, 9.17) is 0 Å². The van der Waals surface area contributed by atoms with E-state index in [0.717, 1.165) is 12.0 Å². The smallest absolute Gasteiger partial charge is 0.293 e. The second-order valence-electron chi connectivity index (χ2n) is 4.12. The molecule has 1 aromatic carbocycles. The van der Waals surface area contributed by atoms with Crippen LogP contribution < -0.4 is 0 Å². The lowest BCUT2D eigenvalue weighted by Gasteiger charge is -2.30. The molecule has 0 radical (unpaired) electrons. The van der Waals surface area contributed by atoms with Crippen LogP contribution in [-0.4, -0.2) is 11.7 Å². The number of hydrogen-bond acceptors (Lipinski definition) is 1. The summed E-state index contributed by atoms with van der Waals surface area (Å²) in [5.41, 5.74) is 2.23. The number of rotatable bonds is 3. The summed E-state index contributed by atoms with van der Waals surface area (Å²) >= 11 is 0. The third kappa shape index (κ3) is 1.91. The van der Waals surface area contributed by atoms with E-state index in [1.165, 1.54) is 5.56 Å². The average molecular weight is 210 g/mol. The van der Waals surface area contributed by atoms with Gasteiger partial charge in [0, 0.05) is 13.3 Å². The zero-order valence-electron chi connectivity index (χ0n) is 8.47. The minimum absolute atomic E-state index is 0.000440. The Hall–Kier alpha value is -1.25. The molecule has 3 heteroatoms. The van der Waals surface area contributed by atoms with Gasteiger partial charge in [0.25, 0.3) is 0 Å². The van der Waals surface area contributed by atoms with Gasteiger partial charge in [-0.2, -0.15) is 8.78 Å². The van der Waals surface area contributed by atoms with Gasteiger partial charge in [-0.15, -0.1) is 0 Å². The van der Waals surface area contributed by atoms with E-state index < -0.39 is 11.7 Å². The van der Waals surface area contributed by atoms with Crippen molar-refractivity contribution in [2.24, 2.45) is 0 Å². The molecule has 0 aromatic heterocycles. The highest BCUT2D eigenvalue weighted by atomic mass is 19.3. The van der Waals surface area contributed by atoms with Crippen LogP contribution in [0.15, 0.2) is 24.3 Å². The van der Waals surface area contributed by atoms with Crippen molar-refractivity contribution in [2.75, 3.05) is 0 Å². The van der Waals surface area contributed by atoms with Gasteiger partial charge in [-0.1, -0.05) is 24.3 Å². The highest BCUT2D eigenvalue weighted by Crippen LogP contribution is 2.38. The van der Waals surface area contributed by atoms with E-state index in [-0.39, 0.29) is 12.3 Å². The lowest BCUT2D eigenvalue weighted by molar-refractivity contribution is -0.141. The van der Waals surface area contributed by atoms with Crippen molar-refractivity contribution in [1.29, 1.82) is 0 Å². The second kappa shape index (κ2) is 3.40. The van der Waals surface area contributed by atoms with Crippen molar-refractivity contribution in [3.05, 3.63) is 35.4 Å². The van der Waals surface area contributed by atoms with Crippen molar-refractivity contribution in [3.63, 3.8) is 0 Å². The van der Waals surface area contributed by atoms with Crippen LogP contribution in [0.2, 0.25) is 0 Å². The molecule has 2 rings (SSSR count). The predicted octanol–water partition coefficient (Wildman–Crippen LogP) is 2.94. The van der Waals surface area contributed by atoms with Gasteiger partial charge in [0.05, 0.1) is 0 Å². The van der Waals surface area contributed by atoms with Crippen LogP contribution >= 0.6 is 0 Å². The Balaban J connectivity index is 2.04. The first-order valence-corrected chi connectivity index (χ1v) is 4.97. The summed E-state index contributed by atoms with van der Waals surface area (Å²) in [6, 6.07) is 7.68. The molecule has 0 bridgehead atoms. The van der Waals surface area contributed by atoms with Gasteiger partial charge in [-0.05, 0) is 23.5 Å². The maximum Gasteiger partial charge on any atom is 0.302 e. The molecule has 0 aliphatic heterocycles. The molecule has 1 nitrogen and oxygen atoms in total. The molecule has 0 N–H and O–H groups in total. The molecule has 0 saturated carbocycles. The standard InChI is InChI=1S/C12H12F2O/c1-12(13,14)11(15)7-9-6-8-4-2-3-5-10(8)9/h2-5,9H,6-7H2,1H3. The van der Waals surface area contributed by atoms with Crippen molar-refractivity contribution < 1.29 is 13.6 Å². The van der Waals surface area contributed by atoms with Gasteiger partial charge >= 0.3 is 5.92 Å². The SMILES string of the molecule is CC(F)(F)C(=O)CC1Cc2ccccc21. The number of Topliss-reactive ketones (excluding diaryl/α,β-unsaturated/α-hetero) is 1. The molecule has 15 heavy (non-hydrogen) atoms. The molecule has 1 aromatic rings. The Bertz CT molecular complexity index is 393. The highest BCUT2D eigenvalue weighted by Gasteiger charge is 2.36. The van der Waals surface area contributed by atoms with Gasteiger partial charge < -0.3 is 0 Å². The Morgan fingerprint density at radius 3 is 2.73 bits per heavy atom. The quantitative estimate of drug-likeness (QED) is 0.749. The van der Waals surface area contributed by atoms with E-state index in [0.29, 0.717) is 6.92 Å². The van der Waals surface area contributed by atoms with E-state index in [2.05, 4.69) is 0 Å². The normalized spacial score (nSPS) is 19.3. The van der Waals surface area contributed by atoms with Crippen LogP contribution in [0.4, 0.5) is 8.78 Å². The monoisotopic (exact) mass is 210 g/mol. The maximum atomic E-state index is 12.7. The number of ketones is 1. The van der Waals surface area contributed by atoms with Gasteiger partial charge in [0.2, 0.25) is 5.78 Å². The van der Waals surface area contributed by atoms with Gasteiger partial charge in [0.1, 0.15) is 0 Å². The Morgan fingerprint density at radius 2 is 2.13 bits per heavy atom. The van der Waals surface area contributed by atoms with E-state index in [1.807, 2.05) is 24.3 Å². The van der Waals surface area contributed by atoms with Crippen LogP contribution in [0, 0.1) is 0 Å². The summed E-state index contributed by atoms with van der Waals surface area (Å²) in [5.74, 6) is -4.15. The van der Waals surface area contributed by atoms with Gasteiger partial charge in [0.15, 0.2) is 0 Å². The summed E-state index contributed by atoms with van der Waals surface area (Å²) < 4.78 is 25.3. The fraction of sp³-hybridized carbons (Fsp3) is 0.417. The number of hydrogen-bond donors (Lipinski definition) is 0. The zero-order valence-corrected chi connectivity index (χ0v) is 8.47. The summed E-state index contributed by atoms with van der Waals surface area (Å²) in [7, 11) is 0. The molecule has 0 fully saturated rings. The van der Waals surface area contributed by atoms with E-state index in [1.54, 1.807) is 0 Å². The number of halogens is 2. The molecule has 1 aliphatic rings. The topological polar surface area (TPSA) is 17.1 Å². The van der Waals surface area contributed by atoms with Crippen LogP contribution in [-0.2, 0) is 11.2 Å². The average Bonchev–Trinajstić information content (AvgIpc) is 2.12. The van der Waals surface area contributed by atoms with Crippen LogP contribution in [0.3, 0.4) is 0 Å². The molecule has 0 heterocycles. The van der Waals surface area contributed by atoms with Gasteiger partial charge in [-0.25, -0.2) is 0 Å². The van der Waals surface area contributed by atoms with Crippen LogP contribution in [0.25, 0.3) is 0 Å². The third-order valence-corrected chi connectivity index (χ3v) is 2.88. The lowest BCUT2D eigenvalue weighted by atomic mass is 9.75. The molecule has 0 amide bonds. The van der Waals surface area contributed by atoms with E-state index >= 15 is 0 Å². The van der Waals surface area contributed by atoms with Crippen molar-refractivity contribution in [3.8, 4) is 0 Å². The Morgan fingerprint density at radius 1 is 1.47 bits per heavy atom. The molecule has 1 unspecified atom stereocenters. The predicted molar refractivity (Wildman–Crippen MR) is 53.1 cm³/mol. The lowest BCUT2D eigenvalue weighted by Crippen LogP contribution is -2.29. The number of benzene rings is 1. The summed E-state index contributed by atoms with van der Waals surface area (Å²) in [6.45, 7) is 0.667. The maximum absolute atomic E-state index is 12.7. The number of alkyl halides is 2. The van der Waals surface area contributed by atoms with Crippen molar-refractivity contribution >= 4 is 5.78 Å². The molecular weight excluding hydrogens is 198 g/mol. The molecule has 1 atom stereocenters. The first-order valence-electron chi connectivity index (χ1n) is 4.97. The highest BCUT2D eigenvalue weighted by molar-refractivity contribution is 5.86. The largest absolute Gasteiger partial charge is 0.302 e. The third-order valence-electron chi connectivity index (χ3n) is 2.88. The fourth-order valence-electron chi connectivity index (χ4n) is 1.95. The van der Waals surface area contributed by atoms with Crippen LogP contribution in [0.1, 0.15) is 30.4 Å². The molecule has 80 valence electrons. The number of fused-ring (bicyclic) bond motifs is 1. The summed E-state index contributed by atoms with van der Waals surface area (Å²) in [5, 5.41) is 0. The molecule has 0 saturated heterocycles. The van der Waals surface area contributed by atoms with E-state index in [9.17, 15) is 13.6 Å². The summed E-state index contributed by atoms with van der Waals surface area (Å²) in [4.78, 5) is 11.1. The fourth-order valence-corrected chi connectivity index (χ4v) is 1.95. The molecule has 1 aliphatic carbocycles. The number of carbonyl (C=O) groups excluding carboxylic acids is 1. The van der Waals surface area contributed by atoms with Crippen molar-refractivity contribution in [1.82, 2.24) is 0 Å². The minimum Gasteiger partial charge on any atom is -0.293 e. The number of carbonyl (C=O) groups is 1.